The summed E-state index contributed by atoms with van der Waals surface area (Å²) in [4.78, 5) is 0. The Bertz CT molecular complexity index is 239. The van der Waals surface area contributed by atoms with E-state index in [0.717, 1.165) is 18.4 Å². The minimum atomic E-state index is 0.322. The number of nitrogens with one attached hydrogen (secondary N) is 1. The summed E-state index contributed by atoms with van der Waals surface area (Å²) in [5, 5.41) is 3.55. The fraction of sp³-hybridized carbons (Fsp3) is 1.00. The second kappa shape index (κ2) is 5.27. The topological polar surface area (TPSA) is 21.3 Å². The zero-order chi connectivity index (χ0) is 11.6. The monoisotopic (exact) mass is 237 g/mol. The molecule has 2 atom stereocenters. The van der Waals surface area contributed by atoms with Crippen LogP contribution >= 0.6 is 0 Å². The van der Waals surface area contributed by atoms with Crippen LogP contribution in [-0.2, 0) is 4.74 Å². The zero-order valence-electron chi connectivity index (χ0n) is 11.0. The summed E-state index contributed by atoms with van der Waals surface area (Å²) in [5.74, 6) is 1.94. The van der Waals surface area contributed by atoms with Gasteiger partial charge in [0.1, 0.15) is 0 Å². The van der Waals surface area contributed by atoms with Gasteiger partial charge in [-0.15, -0.1) is 0 Å². The van der Waals surface area contributed by atoms with Crippen LogP contribution < -0.4 is 5.32 Å². The van der Waals surface area contributed by atoms with E-state index in [1.54, 1.807) is 0 Å². The molecule has 1 N–H and O–H groups in total. The van der Waals surface area contributed by atoms with Crippen LogP contribution in [0, 0.1) is 11.8 Å². The zero-order valence-corrected chi connectivity index (χ0v) is 11.0. The average Bonchev–Trinajstić information content (AvgIpc) is 2.66. The minimum absolute atomic E-state index is 0.322. The number of ether oxygens (including phenoxy) is 1. The minimum Gasteiger partial charge on any atom is -0.375 e. The molecule has 3 fully saturated rings. The fourth-order valence-electron chi connectivity index (χ4n) is 4.35. The summed E-state index contributed by atoms with van der Waals surface area (Å²) in [5.41, 5.74) is 0.322. The lowest BCUT2D eigenvalue weighted by Crippen LogP contribution is -2.39. The van der Waals surface area contributed by atoms with E-state index in [1.165, 1.54) is 70.9 Å². The van der Waals surface area contributed by atoms with Crippen molar-refractivity contribution in [3.05, 3.63) is 0 Å². The lowest BCUT2D eigenvalue weighted by molar-refractivity contribution is -0.102. The molecular formula is C15H27NO. The van der Waals surface area contributed by atoms with Crippen LogP contribution in [0.25, 0.3) is 0 Å². The van der Waals surface area contributed by atoms with Gasteiger partial charge in [0.25, 0.3) is 0 Å². The van der Waals surface area contributed by atoms with Gasteiger partial charge in [0.15, 0.2) is 0 Å². The maximum Gasteiger partial charge on any atom is 0.0685 e. The predicted octanol–water partition coefficient (Wildman–Crippen LogP) is 3.12. The molecule has 0 aromatic carbocycles. The molecule has 98 valence electrons. The molecule has 0 bridgehead atoms. The molecule has 2 nitrogen and oxygen atoms in total. The molecule has 1 saturated carbocycles. The molecule has 2 aliphatic heterocycles. The van der Waals surface area contributed by atoms with Crippen molar-refractivity contribution in [2.24, 2.45) is 11.8 Å². The second-order valence-electron chi connectivity index (χ2n) is 6.43. The number of hydrogen-bond acceptors (Lipinski definition) is 2. The van der Waals surface area contributed by atoms with Gasteiger partial charge in [-0.2, -0.15) is 0 Å². The van der Waals surface area contributed by atoms with Gasteiger partial charge in [-0.25, -0.2) is 0 Å². The van der Waals surface area contributed by atoms with Gasteiger partial charge in [-0.05, 0) is 69.9 Å². The molecule has 0 aromatic heterocycles. The van der Waals surface area contributed by atoms with E-state index >= 15 is 0 Å². The molecule has 1 spiro atoms. The van der Waals surface area contributed by atoms with Crippen molar-refractivity contribution >= 4 is 0 Å². The molecular weight excluding hydrogens is 210 g/mol. The lowest BCUT2D eigenvalue weighted by atomic mass is 9.75. The SMILES string of the molecule is C1CNCCC(C2CCOC3(CCCC3)C2)C1. The highest BCUT2D eigenvalue weighted by Gasteiger charge is 2.41. The van der Waals surface area contributed by atoms with Gasteiger partial charge in [-0.3, -0.25) is 0 Å². The van der Waals surface area contributed by atoms with Gasteiger partial charge in [0.05, 0.1) is 5.60 Å². The second-order valence-corrected chi connectivity index (χ2v) is 6.43. The molecule has 0 aromatic rings. The fourth-order valence-corrected chi connectivity index (χ4v) is 4.35. The molecule has 0 radical (unpaired) electrons. The Labute approximate surface area is 105 Å². The standard InChI is InChI=1S/C15H27NO/c1-2-8-15(7-1)12-14(6-11-17-15)13-4-3-9-16-10-5-13/h13-14,16H,1-12H2. The van der Waals surface area contributed by atoms with Crippen LogP contribution in [0.4, 0.5) is 0 Å². The van der Waals surface area contributed by atoms with Crippen LogP contribution in [0.3, 0.4) is 0 Å². The Morgan fingerprint density at radius 1 is 0.882 bits per heavy atom. The smallest absolute Gasteiger partial charge is 0.0685 e. The molecule has 2 saturated heterocycles. The Kier molecular flexibility index (Phi) is 3.72. The first kappa shape index (κ1) is 12.0. The van der Waals surface area contributed by atoms with Gasteiger partial charge in [0.2, 0.25) is 0 Å². The van der Waals surface area contributed by atoms with Crippen LogP contribution in [0.1, 0.15) is 57.8 Å². The predicted molar refractivity (Wildman–Crippen MR) is 70.1 cm³/mol. The van der Waals surface area contributed by atoms with Crippen LogP contribution in [0.5, 0.6) is 0 Å². The Morgan fingerprint density at radius 3 is 2.65 bits per heavy atom. The summed E-state index contributed by atoms with van der Waals surface area (Å²) in [6.45, 7) is 3.52. The van der Waals surface area contributed by atoms with Gasteiger partial charge >= 0.3 is 0 Å². The van der Waals surface area contributed by atoms with Crippen molar-refractivity contribution in [2.45, 2.75) is 63.4 Å². The third kappa shape index (κ3) is 2.68. The summed E-state index contributed by atoms with van der Waals surface area (Å²) in [7, 11) is 0. The first-order valence-electron chi connectivity index (χ1n) is 7.73. The first-order chi connectivity index (χ1) is 8.38. The number of hydrogen-bond donors (Lipinski definition) is 1. The van der Waals surface area contributed by atoms with Crippen molar-refractivity contribution in [3.63, 3.8) is 0 Å². The summed E-state index contributed by atoms with van der Waals surface area (Å²) < 4.78 is 6.16. The lowest BCUT2D eigenvalue weighted by Gasteiger charge is -2.41. The highest BCUT2D eigenvalue weighted by atomic mass is 16.5. The van der Waals surface area contributed by atoms with Crippen molar-refractivity contribution in [1.29, 1.82) is 0 Å². The Morgan fingerprint density at radius 2 is 1.76 bits per heavy atom. The molecule has 3 aliphatic rings. The molecule has 2 unspecified atom stereocenters. The van der Waals surface area contributed by atoms with E-state index in [0.29, 0.717) is 5.60 Å². The summed E-state index contributed by atoms with van der Waals surface area (Å²) in [6.07, 6.45) is 12.4. The van der Waals surface area contributed by atoms with Crippen LogP contribution in [-0.4, -0.2) is 25.3 Å². The van der Waals surface area contributed by atoms with E-state index in [2.05, 4.69) is 5.32 Å². The van der Waals surface area contributed by atoms with Crippen molar-refractivity contribution < 1.29 is 4.74 Å². The highest BCUT2D eigenvalue weighted by molar-refractivity contribution is 4.93. The van der Waals surface area contributed by atoms with Gasteiger partial charge < -0.3 is 10.1 Å². The highest BCUT2D eigenvalue weighted by Crippen LogP contribution is 2.45. The van der Waals surface area contributed by atoms with Crippen LogP contribution in [0.2, 0.25) is 0 Å². The molecule has 2 heterocycles. The third-order valence-electron chi connectivity index (χ3n) is 5.33. The van der Waals surface area contributed by atoms with Crippen LogP contribution in [0.15, 0.2) is 0 Å². The van der Waals surface area contributed by atoms with E-state index in [1.807, 2.05) is 0 Å². The molecule has 3 rings (SSSR count). The van der Waals surface area contributed by atoms with E-state index in [9.17, 15) is 0 Å². The molecule has 2 heteroatoms. The first-order valence-corrected chi connectivity index (χ1v) is 7.73. The molecule has 1 aliphatic carbocycles. The quantitative estimate of drug-likeness (QED) is 0.756. The normalized spacial score (nSPS) is 38.1. The Balaban J connectivity index is 1.62. The maximum atomic E-state index is 6.16. The van der Waals surface area contributed by atoms with E-state index < -0.39 is 0 Å². The van der Waals surface area contributed by atoms with E-state index in [-0.39, 0.29) is 0 Å². The third-order valence-corrected chi connectivity index (χ3v) is 5.33. The van der Waals surface area contributed by atoms with Gasteiger partial charge in [-0.1, -0.05) is 12.8 Å². The Hall–Kier alpha value is -0.0800. The summed E-state index contributed by atoms with van der Waals surface area (Å²) >= 11 is 0. The maximum absolute atomic E-state index is 6.16. The van der Waals surface area contributed by atoms with Crippen molar-refractivity contribution in [1.82, 2.24) is 5.32 Å². The summed E-state index contributed by atoms with van der Waals surface area (Å²) in [6, 6.07) is 0. The van der Waals surface area contributed by atoms with Crippen molar-refractivity contribution in [2.75, 3.05) is 19.7 Å². The molecule has 17 heavy (non-hydrogen) atoms. The average molecular weight is 237 g/mol. The largest absolute Gasteiger partial charge is 0.375 e. The van der Waals surface area contributed by atoms with E-state index in [4.69, 9.17) is 4.74 Å². The molecule has 0 amide bonds. The number of rotatable bonds is 1. The van der Waals surface area contributed by atoms with Crippen molar-refractivity contribution in [3.8, 4) is 0 Å². The van der Waals surface area contributed by atoms with Gasteiger partial charge in [0, 0.05) is 6.61 Å².